The van der Waals surface area contributed by atoms with Gasteiger partial charge in [0.05, 0.1) is 13.5 Å². The molecule has 0 spiro atoms. The van der Waals surface area contributed by atoms with Crippen molar-refractivity contribution in [2.24, 2.45) is 0 Å². The van der Waals surface area contributed by atoms with E-state index in [1.165, 1.54) is 13.2 Å². The molecule has 11 heteroatoms. The van der Waals surface area contributed by atoms with Crippen molar-refractivity contribution < 1.29 is 49.0 Å². The number of ether oxygens (including phenoxy) is 3. The molecule has 5 N–H and O–H groups in total. The van der Waals surface area contributed by atoms with E-state index in [-0.39, 0.29) is 29.9 Å². The van der Waals surface area contributed by atoms with Crippen molar-refractivity contribution in [3.05, 3.63) is 63.8 Å². The second kappa shape index (κ2) is 8.86. The number of esters is 1. The number of phenolic OH excluding ortho intramolecular Hbond substituents is 4. The van der Waals surface area contributed by atoms with Crippen LogP contribution in [-0.4, -0.2) is 45.4 Å². The topological polar surface area (TPSA) is 176 Å². The van der Waals surface area contributed by atoms with Crippen LogP contribution >= 0.6 is 0 Å². The molecule has 0 saturated heterocycles. The Morgan fingerprint density at radius 1 is 0.919 bits per heavy atom. The van der Waals surface area contributed by atoms with Crippen LogP contribution in [0.25, 0.3) is 22.3 Å². The average Bonchev–Trinajstić information content (AvgIpc) is 3.34. The lowest BCUT2D eigenvalue weighted by molar-refractivity contribution is -0.140. The van der Waals surface area contributed by atoms with Crippen molar-refractivity contribution in [2.45, 2.75) is 12.3 Å². The van der Waals surface area contributed by atoms with Crippen molar-refractivity contribution in [2.75, 3.05) is 13.9 Å². The number of hydrogen-bond donors (Lipinski definition) is 5. The molecule has 0 saturated carbocycles. The minimum Gasteiger partial charge on any atom is -0.507 e. The van der Waals surface area contributed by atoms with E-state index >= 15 is 0 Å². The summed E-state index contributed by atoms with van der Waals surface area (Å²) in [5.41, 5.74) is -0.886. The Labute approximate surface area is 207 Å². The molecule has 2 heterocycles. The number of benzene rings is 3. The highest BCUT2D eigenvalue weighted by molar-refractivity contribution is 5.92. The highest BCUT2D eigenvalue weighted by Gasteiger charge is 2.31. The molecule has 3 aromatic carbocycles. The zero-order valence-corrected chi connectivity index (χ0v) is 19.2. The molecule has 0 amide bonds. The fourth-order valence-electron chi connectivity index (χ4n) is 4.31. The first-order valence-electron chi connectivity index (χ1n) is 10.9. The molecule has 1 aliphatic heterocycles. The number of fused-ring (bicyclic) bond motifs is 2. The smallest absolute Gasteiger partial charge is 0.306 e. The lowest BCUT2D eigenvalue weighted by atomic mass is 9.86. The summed E-state index contributed by atoms with van der Waals surface area (Å²) >= 11 is 0. The molecule has 0 radical (unpaired) electrons. The Morgan fingerprint density at radius 2 is 1.68 bits per heavy atom. The predicted molar refractivity (Wildman–Crippen MR) is 127 cm³/mol. The van der Waals surface area contributed by atoms with Gasteiger partial charge in [-0.1, -0.05) is 6.07 Å². The Hall–Kier alpha value is -5.06. The van der Waals surface area contributed by atoms with Gasteiger partial charge in [0.15, 0.2) is 28.8 Å². The Morgan fingerprint density at radius 3 is 2.41 bits per heavy atom. The van der Waals surface area contributed by atoms with Crippen LogP contribution in [0.3, 0.4) is 0 Å². The first-order chi connectivity index (χ1) is 17.7. The molecular formula is C26H20O11. The first kappa shape index (κ1) is 23.7. The highest BCUT2D eigenvalue weighted by atomic mass is 16.7. The van der Waals surface area contributed by atoms with Crippen LogP contribution in [0.5, 0.6) is 40.2 Å². The van der Waals surface area contributed by atoms with Crippen LogP contribution in [0, 0.1) is 0 Å². The molecule has 5 rings (SSSR count). The number of rotatable bonds is 5. The lowest BCUT2D eigenvalue weighted by Gasteiger charge is -2.21. The van der Waals surface area contributed by atoms with Crippen molar-refractivity contribution in [3.8, 4) is 51.6 Å². The summed E-state index contributed by atoms with van der Waals surface area (Å²) in [5.74, 6) is -4.15. The summed E-state index contributed by atoms with van der Waals surface area (Å²) in [5, 5.41) is 51.2. The number of hydrogen-bond acceptors (Lipinski definition) is 11. The Kier molecular flexibility index (Phi) is 5.67. The second-order valence-corrected chi connectivity index (χ2v) is 8.29. The SMILES string of the molecule is COC(=O)C[C@@H](c1ccc2c(c1)OCO2)c1c(O)cc(O)c2c(=O)c(O)c(-c3ccc(O)c(O)c3)oc12. The number of phenols is 4. The number of carbonyl (C=O) groups excluding carboxylic acids is 1. The Balaban J connectivity index is 1.82. The molecule has 1 aromatic heterocycles. The van der Waals surface area contributed by atoms with E-state index < -0.39 is 57.2 Å². The van der Waals surface area contributed by atoms with Crippen LogP contribution in [-0.2, 0) is 9.53 Å². The summed E-state index contributed by atoms with van der Waals surface area (Å²) in [6.45, 7) is 0.00479. The Bertz CT molecular complexity index is 1620. The standard InChI is InChI=1S/C26H20O11/c1-34-20(31)8-13(11-3-5-18-19(7-11)36-10-35-18)21-16(29)9-17(30)22-23(32)24(33)25(37-26(21)22)12-2-4-14(27)15(28)6-12/h2-7,9,13,27-30,33H,8,10H2,1H3/t13-/m0/s1. The molecule has 1 aliphatic rings. The maximum Gasteiger partial charge on any atom is 0.306 e. The van der Waals surface area contributed by atoms with E-state index in [2.05, 4.69) is 0 Å². The van der Waals surface area contributed by atoms with E-state index in [9.17, 15) is 35.1 Å². The van der Waals surface area contributed by atoms with Gasteiger partial charge in [0.1, 0.15) is 22.5 Å². The van der Waals surface area contributed by atoms with Gasteiger partial charge in [0.2, 0.25) is 18.0 Å². The zero-order chi connectivity index (χ0) is 26.4. The minimum absolute atomic E-state index is 0.00479. The number of carbonyl (C=O) groups is 1. The minimum atomic E-state index is -1.02. The van der Waals surface area contributed by atoms with Crippen molar-refractivity contribution in [1.82, 2.24) is 0 Å². The highest BCUT2D eigenvalue weighted by Crippen LogP contribution is 2.46. The molecule has 11 nitrogen and oxygen atoms in total. The quantitative estimate of drug-likeness (QED) is 0.197. The molecule has 0 bridgehead atoms. The van der Waals surface area contributed by atoms with Gasteiger partial charge in [0, 0.05) is 23.1 Å². The third kappa shape index (κ3) is 3.96. The van der Waals surface area contributed by atoms with Gasteiger partial charge in [-0.25, -0.2) is 0 Å². The first-order valence-corrected chi connectivity index (χ1v) is 10.9. The maximum absolute atomic E-state index is 13.2. The largest absolute Gasteiger partial charge is 0.507 e. The number of aromatic hydroxyl groups is 5. The third-order valence-electron chi connectivity index (χ3n) is 6.12. The van der Waals surface area contributed by atoms with Gasteiger partial charge in [-0.3, -0.25) is 9.59 Å². The van der Waals surface area contributed by atoms with Gasteiger partial charge in [0.25, 0.3) is 0 Å². The second-order valence-electron chi connectivity index (χ2n) is 8.29. The number of methoxy groups -OCH3 is 1. The molecular weight excluding hydrogens is 488 g/mol. The van der Waals surface area contributed by atoms with E-state index in [1.807, 2.05) is 0 Å². The molecule has 4 aromatic rings. The summed E-state index contributed by atoms with van der Waals surface area (Å²) in [7, 11) is 1.20. The van der Waals surface area contributed by atoms with Gasteiger partial charge in [-0.2, -0.15) is 0 Å². The predicted octanol–water partition coefficient (Wildman–Crippen LogP) is 3.41. The fraction of sp³-hybridized carbons (Fsp3) is 0.154. The average molecular weight is 508 g/mol. The van der Waals surface area contributed by atoms with Crippen LogP contribution in [0.2, 0.25) is 0 Å². The molecule has 0 aliphatic carbocycles. The van der Waals surface area contributed by atoms with Crippen LogP contribution in [0.1, 0.15) is 23.5 Å². The molecule has 0 fully saturated rings. The van der Waals surface area contributed by atoms with E-state index in [0.717, 1.165) is 18.2 Å². The molecule has 37 heavy (non-hydrogen) atoms. The van der Waals surface area contributed by atoms with Gasteiger partial charge in [-0.05, 0) is 35.9 Å². The summed E-state index contributed by atoms with van der Waals surface area (Å²) in [6, 6.07) is 9.24. The summed E-state index contributed by atoms with van der Waals surface area (Å²) in [4.78, 5) is 25.6. The summed E-state index contributed by atoms with van der Waals surface area (Å²) < 4.78 is 21.5. The van der Waals surface area contributed by atoms with E-state index in [1.54, 1.807) is 18.2 Å². The van der Waals surface area contributed by atoms with Crippen molar-refractivity contribution >= 4 is 16.9 Å². The van der Waals surface area contributed by atoms with Crippen LogP contribution in [0.4, 0.5) is 0 Å². The van der Waals surface area contributed by atoms with Gasteiger partial charge in [-0.15, -0.1) is 0 Å². The van der Waals surface area contributed by atoms with E-state index in [0.29, 0.717) is 17.1 Å². The van der Waals surface area contributed by atoms with Crippen molar-refractivity contribution in [3.63, 3.8) is 0 Å². The lowest BCUT2D eigenvalue weighted by Crippen LogP contribution is -2.12. The van der Waals surface area contributed by atoms with Crippen LogP contribution < -0.4 is 14.9 Å². The maximum atomic E-state index is 13.2. The van der Waals surface area contributed by atoms with Crippen LogP contribution in [0.15, 0.2) is 51.7 Å². The summed E-state index contributed by atoms with van der Waals surface area (Å²) in [6.07, 6.45) is -0.302. The molecule has 0 unspecified atom stereocenters. The molecule has 190 valence electrons. The van der Waals surface area contributed by atoms with Crippen molar-refractivity contribution in [1.29, 1.82) is 0 Å². The fourth-order valence-corrected chi connectivity index (χ4v) is 4.31. The normalized spacial score (nSPS) is 13.0. The van der Waals surface area contributed by atoms with E-state index in [4.69, 9.17) is 18.6 Å². The van der Waals surface area contributed by atoms with Gasteiger partial charge < -0.3 is 44.2 Å². The zero-order valence-electron chi connectivity index (χ0n) is 19.2. The third-order valence-corrected chi connectivity index (χ3v) is 6.12. The van der Waals surface area contributed by atoms with Gasteiger partial charge >= 0.3 is 5.97 Å². The molecule has 1 atom stereocenters. The monoisotopic (exact) mass is 508 g/mol.